The predicted molar refractivity (Wildman–Crippen MR) is 91.9 cm³/mol. The molecular weight excluding hydrogens is 323 g/mol. The number of rotatable bonds is 4. The van der Waals surface area contributed by atoms with Crippen LogP contribution in [-0.4, -0.2) is 36.9 Å². The van der Waals surface area contributed by atoms with E-state index < -0.39 is 0 Å². The fourth-order valence-electron chi connectivity index (χ4n) is 2.86. The van der Waals surface area contributed by atoms with Gasteiger partial charge < -0.3 is 15.0 Å². The van der Waals surface area contributed by atoms with E-state index in [1.165, 1.54) is 6.07 Å². The first-order valence-electron chi connectivity index (χ1n) is 8.05. The van der Waals surface area contributed by atoms with Crippen molar-refractivity contribution in [3.8, 4) is 0 Å². The van der Waals surface area contributed by atoms with Crippen LogP contribution in [0.15, 0.2) is 42.5 Å². The number of hydrogen-bond donors (Lipinski definition) is 1. The number of ether oxygens (including phenoxy) is 1. The molecule has 2 aromatic rings. The summed E-state index contributed by atoms with van der Waals surface area (Å²) in [5.74, 6) is -0.346. The van der Waals surface area contributed by atoms with Gasteiger partial charge in [0.15, 0.2) is 0 Å². The number of nitrogens with one attached hydrogen (secondary N) is 1. The SMILES string of the molecule is Cc1cc(C2CN(C(=O)c3ccc(NC=O)cc3)CCO2)ccc1F. The second kappa shape index (κ2) is 7.44. The van der Waals surface area contributed by atoms with Gasteiger partial charge in [-0.2, -0.15) is 0 Å². The third-order valence-electron chi connectivity index (χ3n) is 4.26. The van der Waals surface area contributed by atoms with Gasteiger partial charge in [0.2, 0.25) is 6.41 Å². The van der Waals surface area contributed by atoms with Gasteiger partial charge in [-0.05, 0) is 48.4 Å². The molecule has 1 fully saturated rings. The van der Waals surface area contributed by atoms with E-state index >= 15 is 0 Å². The summed E-state index contributed by atoms with van der Waals surface area (Å²) in [5.41, 5.74) is 2.60. The number of nitrogens with zero attached hydrogens (tertiary/aromatic N) is 1. The summed E-state index contributed by atoms with van der Waals surface area (Å²) in [6.45, 7) is 3.05. The van der Waals surface area contributed by atoms with Gasteiger partial charge in [-0.25, -0.2) is 4.39 Å². The van der Waals surface area contributed by atoms with Gasteiger partial charge in [0.25, 0.3) is 5.91 Å². The average Bonchev–Trinajstić information content (AvgIpc) is 2.64. The van der Waals surface area contributed by atoms with Crippen LogP contribution in [0.1, 0.15) is 27.6 Å². The van der Waals surface area contributed by atoms with E-state index in [0.717, 1.165) is 5.56 Å². The van der Waals surface area contributed by atoms with Gasteiger partial charge in [0.05, 0.1) is 13.2 Å². The molecule has 3 rings (SSSR count). The Morgan fingerprint density at radius 3 is 2.72 bits per heavy atom. The second-order valence-electron chi connectivity index (χ2n) is 5.96. The van der Waals surface area contributed by atoms with Crippen molar-refractivity contribution in [1.82, 2.24) is 4.90 Å². The highest BCUT2D eigenvalue weighted by Crippen LogP contribution is 2.25. The summed E-state index contributed by atoms with van der Waals surface area (Å²) < 4.78 is 19.2. The number of amides is 2. The second-order valence-corrected chi connectivity index (χ2v) is 5.96. The number of morpholine rings is 1. The van der Waals surface area contributed by atoms with Gasteiger partial charge in [0.1, 0.15) is 11.9 Å². The van der Waals surface area contributed by atoms with Gasteiger partial charge >= 0.3 is 0 Å². The molecule has 130 valence electrons. The molecule has 1 atom stereocenters. The first-order chi connectivity index (χ1) is 12.1. The zero-order chi connectivity index (χ0) is 17.8. The lowest BCUT2D eigenvalue weighted by molar-refractivity contribution is -0.105. The summed E-state index contributed by atoms with van der Waals surface area (Å²) in [6.07, 6.45) is 0.321. The molecule has 6 heteroatoms. The third-order valence-corrected chi connectivity index (χ3v) is 4.26. The minimum atomic E-state index is -0.270. The molecule has 0 saturated carbocycles. The Hall–Kier alpha value is -2.73. The quantitative estimate of drug-likeness (QED) is 0.869. The van der Waals surface area contributed by atoms with E-state index in [1.54, 1.807) is 48.2 Å². The molecule has 2 aromatic carbocycles. The van der Waals surface area contributed by atoms with E-state index in [2.05, 4.69) is 5.32 Å². The van der Waals surface area contributed by atoms with Crippen LogP contribution in [0, 0.1) is 12.7 Å². The lowest BCUT2D eigenvalue weighted by atomic mass is 10.0. The minimum Gasteiger partial charge on any atom is -0.370 e. The van der Waals surface area contributed by atoms with Crippen molar-refractivity contribution in [1.29, 1.82) is 0 Å². The van der Waals surface area contributed by atoms with E-state index in [4.69, 9.17) is 4.74 Å². The summed E-state index contributed by atoms with van der Waals surface area (Å²) in [5, 5.41) is 2.54. The first-order valence-corrected chi connectivity index (χ1v) is 8.05. The van der Waals surface area contributed by atoms with Crippen molar-refractivity contribution in [3.05, 3.63) is 65.0 Å². The largest absolute Gasteiger partial charge is 0.370 e. The molecule has 1 unspecified atom stereocenters. The number of carbonyl (C=O) groups excluding carboxylic acids is 2. The predicted octanol–water partition coefficient (Wildman–Crippen LogP) is 2.92. The fourth-order valence-corrected chi connectivity index (χ4v) is 2.86. The Kier molecular flexibility index (Phi) is 5.09. The van der Waals surface area contributed by atoms with Crippen LogP contribution < -0.4 is 5.32 Å². The first kappa shape index (κ1) is 17.1. The Morgan fingerprint density at radius 1 is 1.28 bits per heavy atom. The summed E-state index contributed by atoms with van der Waals surface area (Å²) in [4.78, 5) is 24.9. The lowest BCUT2D eigenvalue weighted by Gasteiger charge is -2.33. The average molecular weight is 342 g/mol. The highest BCUT2D eigenvalue weighted by Gasteiger charge is 2.26. The van der Waals surface area contributed by atoms with Gasteiger partial charge in [-0.3, -0.25) is 9.59 Å². The highest BCUT2D eigenvalue weighted by atomic mass is 19.1. The molecule has 1 N–H and O–H groups in total. The molecule has 1 heterocycles. The van der Waals surface area contributed by atoms with Crippen molar-refractivity contribution >= 4 is 18.0 Å². The zero-order valence-electron chi connectivity index (χ0n) is 13.9. The van der Waals surface area contributed by atoms with Gasteiger partial charge in [-0.1, -0.05) is 12.1 Å². The molecule has 5 nitrogen and oxygen atoms in total. The summed E-state index contributed by atoms with van der Waals surface area (Å²) in [7, 11) is 0. The van der Waals surface area contributed by atoms with Crippen LogP contribution >= 0.6 is 0 Å². The number of anilines is 1. The maximum Gasteiger partial charge on any atom is 0.254 e. The number of carbonyl (C=O) groups is 2. The van der Waals surface area contributed by atoms with Crippen LogP contribution in [0.2, 0.25) is 0 Å². The molecule has 0 aromatic heterocycles. The number of halogens is 1. The number of hydrogen-bond acceptors (Lipinski definition) is 3. The fraction of sp³-hybridized carbons (Fsp3) is 0.263. The normalized spacial score (nSPS) is 17.2. The summed E-state index contributed by atoms with van der Waals surface area (Å²) >= 11 is 0. The third kappa shape index (κ3) is 3.85. The van der Waals surface area contributed by atoms with Crippen molar-refractivity contribution < 1.29 is 18.7 Å². The van der Waals surface area contributed by atoms with E-state index in [-0.39, 0.29) is 17.8 Å². The Bertz CT molecular complexity index is 777. The van der Waals surface area contributed by atoms with Crippen LogP contribution in [0.4, 0.5) is 10.1 Å². The van der Waals surface area contributed by atoms with E-state index in [0.29, 0.717) is 42.9 Å². The van der Waals surface area contributed by atoms with Crippen LogP contribution in [0.25, 0.3) is 0 Å². The molecule has 1 aliphatic heterocycles. The Balaban J connectivity index is 1.72. The van der Waals surface area contributed by atoms with E-state index in [9.17, 15) is 14.0 Å². The van der Waals surface area contributed by atoms with Crippen LogP contribution in [0.3, 0.4) is 0 Å². The highest BCUT2D eigenvalue weighted by molar-refractivity contribution is 5.94. The molecule has 2 amide bonds. The lowest BCUT2D eigenvalue weighted by Crippen LogP contribution is -2.42. The maximum absolute atomic E-state index is 13.4. The molecule has 25 heavy (non-hydrogen) atoms. The van der Waals surface area contributed by atoms with Crippen molar-refractivity contribution in [2.75, 3.05) is 25.0 Å². The summed E-state index contributed by atoms with van der Waals surface area (Å²) in [6, 6.07) is 11.6. The molecule has 1 saturated heterocycles. The van der Waals surface area contributed by atoms with Crippen LogP contribution in [-0.2, 0) is 9.53 Å². The van der Waals surface area contributed by atoms with Crippen molar-refractivity contribution in [3.63, 3.8) is 0 Å². The maximum atomic E-state index is 13.4. The smallest absolute Gasteiger partial charge is 0.254 e. The molecule has 0 aliphatic carbocycles. The number of benzene rings is 2. The minimum absolute atomic E-state index is 0.0928. The topological polar surface area (TPSA) is 58.6 Å². The Labute approximate surface area is 145 Å². The zero-order valence-corrected chi connectivity index (χ0v) is 13.9. The number of aryl methyl sites for hydroxylation is 1. The van der Waals surface area contributed by atoms with Crippen molar-refractivity contribution in [2.24, 2.45) is 0 Å². The molecule has 0 radical (unpaired) electrons. The van der Waals surface area contributed by atoms with Crippen molar-refractivity contribution in [2.45, 2.75) is 13.0 Å². The molecule has 0 bridgehead atoms. The van der Waals surface area contributed by atoms with Gasteiger partial charge in [-0.15, -0.1) is 0 Å². The monoisotopic (exact) mass is 342 g/mol. The Morgan fingerprint density at radius 2 is 2.04 bits per heavy atom. The molecular formula is C19H19FN2O3. The van der Waals surface area contributed by atoms with Gasteiger partial charge in [0, 0.05) is 17.8 Å². The van der Waals surface area contributed by atoms with E-state index in [1.807, 2.05) is 0 Å². The molecule has 1 aliphatic rings. The molecule has 0 spiro atoms. The standard InChI is InChI=1S/C19H19FN2O3/c1-13-10-15(4-7-17(13)20)18-11-22(8-9-25-18)19(24)14-2-5-16(6-3-14)21-12-23/h2-7,10,12,18H,8-9,11H2,1H3,(H,21,23). The van der Waals surface area contributed by atoms with Crippen LogP contribution in [0.5, 0.6) is 0 Å².